The monoisotopic (exact) mass is 980 g/mol. The molecule has 0 spiro atoms. The predicted octanol–water partition coefficient (Wildman–Crippen LogP) is 3.39. The summed E-state index contributed by atoms with van der Waals surface area (Å²) in [4.78, 5) is 70.0. The second kappa shape index (κ2) is 21.0. The molecule has 2 unspecified atom stereocenters. The minimum Gasteiger partial charge on any atom is -0.459 e. The van der Waals surface area contributed by atoms with Gasteiger partial charge in [0.2, 0.25) is 5.60 Å². The first-order valence-electron chi connectivity index (χ1n) is 25.0. The van der Waals surface area contributed by atoms with E-state index in [4.69, 9.17) is 14.2 Å². The van der Waals surface area contributed by atoms with Crippen LogP contribution in [0.1, 0.15) is 121 Å². The summed E-state index contributed by atoms with van der Waals surface area (Å²) >= 11 is 0. The molecular formula is C51H82FN3O14. The Morgan fingerprint density at radius 2 is 1.61 bits per heavy atom. The van der Waals surface area contributed by atoms with Crippen LogP contribution in [0.15, 0.2) is 23.8 Å². The van der Waals surface area contributed by atoms with Gasteiger partial charge in [0.15, 0.2) is 11.5 Å². The standard InChI is InChI=1S/C51H82FN3O14/c1-13-38-49(10,66)42(61)32(6)55(27-28(2)25-48(9,65)41(60)30(4)40(59)31(5)43(62)67-38)22-14-20-53-21-18-39(58)69-51(44(63)68-45(64)54(11)12)29(3)23-36-35-16-15-33-24-34(56)17-19-46(33,7)50(35,52)37(57)26-47(36,51)8/h15,17,19,28-32,35-38,40-42,53,57,59-61,65-66H,13-14,16,18,20-27H2,1-12H3/t28-,29-,30+,31-,32-,35?,36?,37+,38-,40+,41-,42-,46+,47+,48-,49-,50+,51+/m1/s1. The SMILES string of the molecule is CC[C@H]1OC(=O)[C@H](C)[C@@H](O)[C@H](C)[C@@H](O)[C@](C)(O)C[C@@H](C)CN(CCCNCCC(=O)O[C@]2(C(=O)OC(=O)N(C)C)[C@H](C)CC3C4CC=C5CC(=O)C=C[C@]5(C)[C@@]4(F)[C@@H](O)C[C@@]32C)[C@H](C)[C@@H](O)[C@]1(C)O. The van der Waals surface area contributed by atoms with Crippen molar-refractivity contribution in [2.24, 2.45) is 46.3 Å². The van der Waals surface area contributed by atoms with Gasteiger partial charge in [-0.25, -0.2) is 14.0 Å². The number of halogens is 1. The fourth-order valence-electron chi connectivity index (χ4n) is 13.2. The van der Waals surface area contributed by atoms with Crippen molar-refractivity contribution in [2.45, 2.75) is 180 Å². The molecule has 1 saturated heterocycles. The van der Waals surface area contributed by atoms with E-state index in [1.54, 1.807) is 41.5 Å². The molecule has 18 atom stereocenters. The number of hydrogen-bond acceptors (Lipinski definition) is 16. The molecule has 0 bridgehead atoms. The van der Waals surface area contributed by atoms with E-state index in [0.717, 1.165) is 4.90 Å². The second-order valence-electron chi connectivity index (χ2n) is 22.5. The Bertz CT molecular complexity index is 1980. The molecule has 5 rings (SSSR count). The Morgan fingerprint density at radius 3 is 2.23 bits per heavy atom. The third-order valence-corrected chi connectivity index (χ3v) is 17.4. The summed E-state index contributed by atoms with van der Waals surface area (Å²) in [6.45, 7) is 17.4. The van der Waals surface area contributed by atoms with Crippen molar-refractivity contribution in [3.05, 3.63) is 23.8 Å². The van der Waals surface area contributed by atoms with Crippen LogP contribution in [0.4, 0.5) is 9.18 Å². The number of esters is 3. The quantitative estimate of drug-likeness (QED) is 0.0545. The number of ketones is 1. The van der Waals surface area contributed by atoms with Gasteiger partial charge in [0.25, 0.3) is 0 Å². The highest BCUT2D eigenvalue weighted by Gasteiger charge is 2.78. The van der Waals surface area contributed by atoms with Gasteiger partial charge in [-0.15, -0.1) is 0 Å². The Kier molecular flexibility index (Phi) is 17.2. The summed E-state index contributed by atoms with van der Waals surface area (Å²) in [5.74, 6) is -7.36. The lowest BCUT2D eigenvalue weighted by molar-refractivity contribution is -0.231. The molecule has 69 heavy (non-hydrogen) atoms. The molecular weight excluding hydrogens is 898 g/mol. The number of ether oxygens (including phenoxy) is 3. The number of aliphatic hydroxyl groups excluding tert-OH is 4. The highest BCUT2D eigenvalue weighted by Crippen LogP contribution is 2.71. The average Bonchev–Trinajstić information content (AvgIpc) is 3.49. The number of aliphatic hydroxyl groups is 6. The van der Waals surface area contributed by atoms with Crippen LogP contribution in [0.3, 0.4) is 0 Å². The Hall–Kier alpha value is -3.36. The number of nitrogens with one attached hydrogen (secondary N) is 1. The highest BCUT2D eigenvalue weighted by atomic mass is 19.1. The molecule has 0 aromatic rings. The van der Waals surface area contributed by atoms with Crippen LogP contribution < -0.4 is 5.32 Å². The summed E-state index contributed by atoms with van der Waals surface area (Å²) < 4.78 is 35.3. The van der Waals surface area contributed by atoms with E-state index in [1.807, 2.05) is 17.9 Å². The number of hydrogen-bond donors (Lipinski definition) is 7. The minimum atomic E-state index is -2.21. The van der Waals surface area contributed by atoms with E-state index in [9.17, 15) is 54.6 Å². The van der Waals surface area contributed by atoms with Crippen LogP contribution in [-0.4, -0.2) is 170 Å². The van der Waals surface area contributed by atoms with E-state index in [2.05, 4.69) is 5.32 Å². The molecule has 0 aromatic carbocycles. The lowest BCUT2D eigenvalue weighted by Crippen LogP contribution is -2.69. The first-order valence-corrected chi connectivity index (χ1v) is 25.0. The third kappa shape index (κ3) is 10.2. The maximum absolute atomic E-state index is 18.0. The predicted molar refractivity (Wildman–Crippen MR) is 252 cm³/mol. The van der Waals surface area contributed by atoms with Crippen LogP contribution in [0.5, 0.6) is 0 Å². The van der Waals surface area contributed by atoms with Crippen molar-refractivity contribution < 1.29 is 73.2 Å². The topological polar surface area (TPSA) is 253 Å². The molecule has 18 heteroatoms. The summed E-state index contributed by atoms with van der Waals surface area (Å²) in [6, 6.07) is -0.709. The molecule has 17 nitrogen and oxygen atoms in total. The van der Waals surface area contributed by atoms with Gasteiger partial charge in [0.05, 0.1) is 36.3 Å². The van der Waals surface area contributed by atoms with Gasteiger partial charge < -0.3 is 55.1 Å². The number of carbonyl (C=O) groups excluding carboxylic acids is 5. The molecule has 1 aliphatic heterocycles. The summed E-state index contributed by atoms with van der Waals surface area (Å²) in [5, 5.41) is 72.5. The number of alkyl halides is 1. The number of cyclic esters (lactones) is 1. The Labute approximate surface area is 407 Å². The van der Waals surface area contributed by atoms with E-state index in [-0.39, 0.29) is 63.2 Å². The van der Waals surface area contributed by atoms with Crippen molar-refractivity contribution in [1.29, 1.82) is 0 Å². The molecule has 7 N–H and O–H groups in total. The van der Waals surface area contributed by atoms with Crippen molar-refractivity contribution in [1.82, 2.24) is 15.1 Å². The number of fused-ring (bicyclic) bond motifs is 5. The highest BCUT2D eigenvalue weighted by molar-refractivity contribution is 5.94. The zero-order valence-corrected chi connectivity index (χ0v) is 42.9. The molecule has 5 aliphatic rings. The van der Waals surface area contributed by atoms with Crippen molar-refractivity contribution >= 4 is 29.8 Å². The van der Waals surface area contributed by atoms with Crippen LogP contribution >= 0.6 is 0 Å². The zero-order valence-electron chi connectivity index (χ0n) is 42.9. The largest absolute Gasteiger partial charge is 0.459 e. The van der Waals surface area contributed by atoms with Crippen molar-refractivity contribution in [2.75, 3.05) is 40.3 Å². The number of carbonyl (C=O) groups is 5. The molecule has 0 aromatic heterocycles. The van der Waals surface area contributed by atoms with E-state index in [1.165, 1.54) is 47.0 Å². The first kappa shape index (κ1) is 56.6. The molecule has 392 valence electrons. The summed E-state index contributed by atoms with van der Waals surface area (Å²) in [5.41, 5.74) is -9.95. The fraction of sp³-hybridized carbons (Fsp3) is 0.824. The summed E-state index contributed by atoms with van der Waals surface area (Å²) in [7, 11) is 2.80. The lowest BCUT2D eigenvalue weighted by atomic mass is 9.45. The molecule has 1 amide bonds. The Balaban J connectivity index is 1.31. The van der Waals surface area contributed by atoms with Crippen LogP contribution in [0.25, 0.3) is 0 Å². The van der Waals surface area contributed by atoms with Crippen molar-refractivity contribution in [3.8, 4) is 0 Å². The molecule has 1 heterocycles. The molecule has 4 aliphatic carbocycles. The maximum atomic E-state index is 18.0. The maximum Gasteiger partial charge on any atom is 0.417 e. The van der Waals surface area contributed by atoms with Gasteiger partial charge in [-0.05, 0) is 104 Å². The normalized spacial score (nSPS) is 44.3. The smallest absolute Gasteiger partial charge is 0.417 e. The van der Waals surface area contributed by atoms with E-state index >= 15 is 4.39 Å². The number of nitrogens with zero attached hydrogens (tertiary/aromatic N) is 2. The number of amides is 1. The first-order chi connectivity index (χ1) is 31.9. The molecule has 2 saturated carbocycles. The number of rotatable bonds is 10. The van der Waals surface area contributed by atoms with Gasteiger partial charge in [0.1, 0.15) is 17.8 Å². The van der Waals surface area contributed by atoms with Gasteiger partial charge in [-0.3, -0.25) is 19.3 Å². The average molecular weight is 980 g/mol. The van der Waals surface area contributed by atoms with E-state index < -0.39 is 123 Å². The molecule has 3 fully saturated rings. The molecule has 0 radical (unpaired) electrons. The van der Waals surface area contributed by atoms with Gasteiger partial charge in [-0.2, -0.15) is 0 Å². The second-order valence-corrected chi connectivity index (χ2v) is 22.5. The fourth-order valence-corrected chi connectivity index (χ4v) is 13.2. The third-order valence-electron chi connectivity index (χ3n) is 17.4. The van der Waals surface area contributed by atoms with Crippen LogP contribution in [0, 0.1) is 46.3 Å². The van der Waals surface area contributed by atoms with Crippen LogP contribution in [-0.2, 0) is 33.4 Å². The van der Waals surface area contributed by atoms with Gasteiger partial charge in [-0.1, -0.05) is 52.3 Å². The summed E-state index contributed by atoms with van der Waals surface area (Å²) in [6.07, 6.45) is -2.59. The van der Waals surface area contributed by atoms with Gasteiger partial charge >= 0.3 is 24.0 Å². The van der Waals surface area contributed by atoms with Crippen LogP contribution in [0.2, 0.25) is 0 Å². The minimum absolute atomic E-state index is 0.0368. The lowest BCUT2D eigenvalue weighted by Gasteiger charge is -2.62. The zero-order chi connectivity index (χ0) is 52.0. The van der Waals surface area contributed by atoms with E-state index in [0.29, 0.717) is 31.6 Å². The van der Waals surface area contributed by atoms with Crippen molar-refractivity contribution in [3.63, 3.8) is 0 Å². The Morgan fingerprint density at radius 1 is 0.957 bits per heavy atom. The van der Waals surface area contributed by atoms with Gasteiger partial charge in [0, 0.05) is 68.2 Å². The number of allylic oxidation sites excluding steroid dienone is 4.